The molecule has 1 aromatic carbocycles. The van der Waals surface area contributed by atoms with E-state index in [4.69, 9.17) is 9.84 Å². The Morgan fingerprint density at radius 2 is 2.05 bits per heavy atom. The number of likely N-dealkylation sites (tertiary alicyclic amines) is 1. The molecule has 6 heteroatoms. The fourth-order valence-corrected chi connectivity index (χ4v) is 2.50. The van der Waals surface area contributed by atoms with Gasteiger partial charge in [0.25, 0.3) is 0 Å². The minimum atomic E-state index is -0.782. The summed E-state index contributed by atoms with van der Waals surface area (Å²) in [5.74, 6) is -0.993. The van der Waals surface area contributed by atoms with Crippen LogP contribution in [0, 0.1) is 11.7 Å². The summed E-state index contributed by atoms with van der Waals surface area (Å²) in [6.45, 7) is 1.35. The second-order valence-corrected chi connectivity index (χ2v) is 5.40. The zero-order valence-electron chi connectivity index (χ0n) is 12.3. The van der Waals surface area contributed by atoms with Gasteiger partial charge in [0.1, 0.15) is 11.6 Å². The number of nitrogens with zero attached hydrogens (tertiary/aromatic N) is 1. The molecule has 1 amide bonds. The van der Waals surface area contributed by atoms with E-state index < -0.39 is 5.97 Å². The molecule has 0 aromatic heterocycles. The molecule has 0 aliphatic carbocycles. The van der Waals surface area contributed by atoms with E-state index >= 15 is 0 Å². The normalized spacial score (nSPS) is 15.6. The van der Waals surface area contributed by atoms with Gasteiger partial charge in [-0.05, 0) is 31.4 Å². The number of rotatable bonds is 6. The number of carbonyl (C=O) groups excluding carboxylic acids is 1. The third-order valence-corrected chi connectivity index (χ3v) is 3.80. The Hall–Kier alpha value is -2.11. The van der Waals surface area contributed by atoms with Gasteiger partial charge in [-0.2, -0.15) is 0 Å². The third kappa shape index (κ3) is 4.72. The van der Waals surface area contributed by atoms with E-state index in [9.17, 15) is 14.0 Å². The maximum Gasteiger partial charge on any atom is 0.306 e. The number of piperidine rings is 1. The van der Waals surface area contributed by atoms with Gasteiger partial charge in [-0.25, -0.2) is 4.39 Å². The van der Waals surface area contributed by atoms with Crippen molar-refractivity contribution in [3.63, 3.8) is 0 Å². The molecule has 22 heavy (non-hydrogen) atoms. The van der Waals surface area contributed by atoms with Crippen molar-refractivity contribution in [3.05, 3.63) is 30.1 Å². The zero-order chi connectivity index (χ0) is 15.9. The standard InChI is InChI=1S/C16H20FNO4/c17-13-3-1-4-14(11-13)22-10-2-5-15(19)18-8-6-12(7-9-18)16(20)21/h1,3-4,11-12H,2,5-10H2,(H,20,21). The van der Waals surface area contributed by atoms with E-state index in [0.29, 0.717) is 51.1 Å². The lowest BCUT2D eigenvalue weighted by atomic mass is 9.97. The molecule has 1 heterocycles. The molecule has 1 aromatic rings. The number of aliphatic carboxylic acids is 1. The maximum atomic E-state index is 13.0. The van der Waals surface area contributed by atoms with Gasteiger partial charge < -0.3 is 14.7 Å². The Morgan fingerprint density at radius 3 is 2.68 bits per heavy atom. The van der Waals surface area contributed by atoms with Gasteiger partial charge in [0.15, 0.2) is 0 Å². The highest BCUT2D eigenvalue weighted by Crippen LogP contribution is 2.18. The Labute approximate surface area is 128 Å². The molecule has 0 saturated carbocycles. The van der Waals surface area contributed by atoms with Crippen LogP contribution in [0.15, 0.2) is 24.3 Å². The molecule has 1 aliphatic heterocycles. The quantitative estimate of drug-likeness (QED) is 0.819. The Morgan fingerprint density at radius 1 is 1.32 bits per heavy atom. The molecule has 1 saturated heterocycles. The number of ether oxygens (including phenoxy) is 1. The lowest BCUT2D eigenvalue weighted by Gasteiger charge is -2.30. The SMILES string of the molecule is O=C(O)C1CCN(C(=O)CCCOc2cccc(F)c2)CC1. The topological polar surface area (TPSA) is 66.8 Å². The first kappa shape index (κ1) is 16.3. The van der Waals surface area contributed by atoms with Crippen LogP contribution in [0.25, 0.3) is 0 Å². The summed E-state index contributed by atoms with van der Waals surface area (Å²) in [6.07, 6.45) is 1.93. The van der Waals surface area contributed by atoms with Crippen molar-refractivity contribution >= 4 is 11.9 Å². The highest BCUT2D eigenvalue weighted by Gasteiger charge is 2.26. The molecule has 0 bridgehead atoms. The molecule has 5 nitrogen and oxygen atoms in total. The summed E-state index contributed by atoms with van der Waals surface area (Å²) in [6, 6.07) is 5.89. The molecule has 0 unspecified atom stereocenters. The van der Waals surface area contributed by atoms with E-state index in [1.165, 1.54) is 12.1 Å². The van der Waals surface area contributed by atoms with Crippen LogP contribution in [0.4, 0.5) is 4.39 Å². The van der Waals surface area contributed by atoms with Crippen molar-refractivity contribution in [2.75, 3.05) is 19.7 Å². The number of halogens is 1. The first-order valence-corrected chi connectivity index (χ1v) is 7.45. The van der Waals surface area contributed by atoms with Gasteiger partial charge in [-0.15, -0.1) is 0 Å². The summed E-state index contributed by atoms with van der Waals surface area (Å²) >= 11 is 0. The number of carboxylic acid groups (broad SMARTS) is 1. The molecule has 0 radical (unpaired) electrons. The number of carboxylic acids is 1. The van der Waals surface area contributed by atoms with Gasteiger partial charge in [-0.1, -0.05) is 6.07 Å². The molecule has 0 spiro atoms. The molecule has 0 atom stereocenters. The fraction of sp³-hybridized carbons (Fsp3) is 0.500. The zero-order valence-corrected chi connectivity index (χ0v) is 12.3. The number of carbonyl (C=O) groups is 2. The second-order valence-electron chi connectivity index (χ2n) is 5.40. The van der Waals surface area contributed by atoms with Crippen molar-refractivity contribution in [1.29, 1.82) is 0 Å². The number of hydrogen-bond acceptors (Lipinski definition) is 3. The lowest BCUT2D eigenvalue weighted by Crippen LogP contribution is -2.40. The van der Waals surface area contributed by atoms with Gasteiger partial charge in [-0.3, -0.25) is 9.59 Å². The molecular formula is C16H20FNO4. The molecule has 2 rings (SSSR count). The molecule has 1 fully saturated rings. The van der Waals surface area contributed by atoms with Crippen LogP contribution in [0.1, 0.15) is 25.7 Å². The summed E-state index contributed by atoms with van der Waals surface area (Å²) in [5.41, 5.74) is 0. The maximum absolute atomic E-state index is 13.0. The highest BCUT2D eigenvalue weighted by atomic mass is 19.1. The Bertz CT molecular complexity index is 527. The minimum absolute atomic E-state index is 0.0201. The van der Waals surface area contributed by atoms with E-state index in [-0.39, 0.29) is 17.6 Å². The third-order valence-electron chi connectivity index (χ3n) is 3.80. The van der Waals surface area contributed by atoms with E-state index in [1.807, 2.05) is 0 Å². The summed E-state index contributed by atoms with van der Waals surface area (Å²) in [5, 5.41) is 8.92. The van der Waals surface area contributed by atoms with Crippen molar-refractivity contribution in [2.45, 2.75) is 25.7 Å². The summed E-state index contributed by atoms with van der Waals surface area (Å²) in [7, 11) is 0. The van der Waals surface area contributed by atoms with Gasteiger partial charge >= 0.3 is 5.97 Å². The van der Waals surface area contributed by atoms with Gasteiger partial charge in [0.05, 0.1) is 12.5 Å². The van der Waals surface area contributed by atoms with Crippen LogP contribution in [0.3, 0.4) is 0 Å². The monoisotopic (exact) mass is 309 g/mol. The smallest absolute Gasteiger partial charge is 0.306 e. The molecule has 120 valence electrons. The van der Waals surface area contributed by atoms with Gasteiger partial charge in [0, 0.05) is 25.6 Å². The van der Waals surface area contributed by atoms with Crippen LogP contribution < -0.4 is 4.74 Å². The number of hydrogen-bond donors (Lipinski definition) is 1. The predicted octanol–water partition coefficient (Wildman–Crippen LogP) is 2.31. The fourth-order valence-electron chi connectivity index (χ4n) is 2.50. The van der Waals surface area contributed by atoms with Crippen molar-refractivity contribution < 1.29 is 23.8 Å². The number of benzene rings is 1. The predicted molar refractivity (Wildman–Crippen MR) is 78.1 cm³/mol. The van der Waals surface area contributed by atoms with Gasteiger partial charge in [0.2, 0.25) is 5.91 Å². The van der Waals surface area contributed by atoms with Crippen LogP contribution in [0.2, 0.25) is 0 Å². The second kappa shape index (κ2) is 7.77. The largest absolute Gasteiger partial charge is 0.493 e. The van der Waals surface area contributed by atoms with E-state index in [2.05, 4.69) is 0 Å². The number of amides is 1. The minimum Gasteiger partial charge on any atom is -0.493 e. The van der Waals surface area contributed by atoms with Crippen LogP contribution in [-0.4, -0.2) is 41.6 Å². The first-order chi connectivity index (χ1) is 10.6. The average Bonchev–Trinajstić information content (AvgIpc) is 2.51. The molecule has 1 N–H and O–H groups in total. The van der Waals surface area contributed by atoms with Crippen molar-refractivity contribution in [3.8, 4) is 5.75 Å². The summed E-state index contributed by atoms with van der Waals surface area (Å²) in [4.78, 5) is 24.6. The molecular weight excluding hydrogens is 289 g/mol. The van der Waals surface area contributed by atoms with E-state index in [1.54, 1.807) is 17.0 Å². The van der Waals surface area contributed by atoms with E-state index in [0.717, 1.165) is 0 Å². The highest BCUT2D eigenvalue weighted by molar-refractivity contribution is 5.77. The Balaban J connectivity index is 1.65. The van der Waals surface area contributed by atoms with Crippen LogP contribution in [0.5, 0.6) is 5.75 Å². The average molecular weight is 309 g/mol. The molecule has 1 aliphatic rings. The lowest BCUT2D eigenvalue weighted by molar-refractivity contribution is -0.145. The summed E-state index contributed by atoms with van der Waals surface area (Å²) < 4.78 is 18.3. The Kier molecular flexibility index (Phi) is 5.75. The van der Waals surface area contributed by atoms with Crippen LogP contribution in [-0.2, 0) is 9.59 Å². The van der Waals surface area contributed by atoms with Crippen molar-refractivity contribution in [2.24, 2.45) is 5.92 Å². The van der Waals surface area contributed by atoms with Crippen molar-refractivity contribution in [1.82, 2.24) is 4.90 Å². The first-order valence-electron chi connectivity index (χ1n) is 7.45. The van der Waals surface area contributed by atoms with Crippen LogP contribution >= 0.6 is 0 Å².